The molecule has 0 radical (unpaired) electrons. The molecule has 0 unspecified atom stereocenters. The minimum absolute atomic E-state index is 0.0809. The van der Waals surface area contributed by atoms with Gasteiger partial charge in [-0.3, -0.25) is 4.79 Å². The van der Waals surface area contributed by atoms with E-state index in [4.69, 9.17) is 11.6 Å². The van der Waals surface area contributed by atoms with Crippen LogP contribution in [0.2, 0.25) is 5.02 Å². The number of amides is 1. The van der Waals surface area contributed by atoms with Gasteiger partial charge in [0.2, 0.25) is 5.91 Å². The Morgan fingerprint density at radius 1 is 1.15 bits per heavy atom. The summed E-state index contributed by atoms with van der Waals surface area (Å²) in [5, 5.41) is 4.73. The minimum atomic E-state index is -0.383. The van der Waals surface area contributed by atoms with Gasteiger partial charge in [0.1, 0.15) is 5.82 Å². The smallest absolute Gasteiger partial charge is 0.226 e. The number of nitrogens with zero attached hydrogens (tertiary/aromatic N) is 3. The molecular formula is C21H19ClFN3O. The number of halogens is 2. The predicted octanol–water partition coefficient (Wildman–Crippen LogP) is 4.60. The molecule has 0 bridgehead atoms. The molecule has 1 aliphatic rings. The van der Waals surface area contributed by atoms with Crippen molar-refractivity contribution in [3.8, 4) is 5.69 Å². The van der Waals surface area contributed by atoms with E-state index >= 15 is 0 Å². The van der Waals surface area contributed by atoms with Crippen LogP contribution in [0.4, 0.5) is 4.39 Å². The Bertz CT molecular complexity index is 953. The molecule has 1 aromatic heterocycles. The summed E-state index contributed by atoms with van der Waals surface area (Å²) in [6, 6.07) is 16.0. The summed E-state index contributed by atoms with van der Waals surface area (Å²) in [6.45, 7) is 0.756. The van der Waals surface area contributed by atoms with Gasteiger partial charge in [0.05, 0.1) is 17.9 Å². The van der Waals surface area contributed by atoms with Crippen LogP contribution in [-0.4, -0.2) is 20.6 Å². The molecule has 4 nitrogen and oxygen atoms in total. The van der Waals surface area contributed by atoms with Crippen molar-refractivity contribution in [2.75, 3.05) is 0 Å². The molecule has 0 saturated heterocycles. The van der Waals surface area contributed by atoms with E-state index in [1.807, 2.05) is 41.1 Å². The van der Waals surface area contributed by atoms with Crippen LogP contribution >= 0.6 is 11.6 Å². The average molecular weight is 384 g/mol. The van der Waals surface area contributed by atoms with Crippen molar-refractivity contribution in [1.29, 1.82) is 0 Å². The first-order valence-corrected chi connectivity index (χ1v) is 9.30. The third-order valence-corrected chi connectivity index (χ3v) is 5.04. The Kier molecular flexibility index (Phi) is 4.94. The van der Waals surface area contributed by atoms with Crippen LogP contribution < -0.4 is 0 Å². The summed E-state index contributed by atoms with van der Waals surface area (Å²) >= 11 is 6.19. The minimum Gasteiger partial charge on any atom is -0.332 e. The highest BCUT2D eigenvalue weighted by molar-refractivity contribution is 6.31. The fourth-order valence-corrected chi connectivity index (χ4v) is 3.33. The van der Waals surface area contributed by atoms with Crippen molar-refractivity contribution in [1.82, 2.24) is 14.7 Å². The molecule has 0 spiro atoms. The van der Waals surface area contributed by atoms with Crippen LogP contribution in [0.3, 0.4) is 0 Å². The maximum Gasteiger partial charge on any atom is 0.226 e. The van der Waals surface area contributed by atoms with E-state index in [9.17, 15) is 9.18 Å². The molecule has 3 aromatic rings. The van der Waals surface area contributed by atoms with Crippen molar-refractivity contribution < 1.29 is 9.18 Å². The predicted molar refractivity (Wildman–Crippen MR) is 102 cm³/mol. The number of para-hydroxylation sites is 1. The fourth-order valence-electron chi connectivity index (χ4n) is 3.10. The topological polar surface area (TPSA) is 38.1 Å². The van der Waals surface area contributed by atoms with Gasteiger partial charge in [0.25, 0.3) is 0 Å². The fraction of sp³-hybridized carbons (Fsp3) is 0.238. The van der Waals surface area contributed by atoms with Crippen LogP contribution in [-0.2, 0) is 17.9 Å². The Balaban J connectivity index is 1.61. The van der Waals surface area contributed by atoms with E-state index in [1.165, 1.54) is 12.1 Å². The van der Waals surface area contributed by atoms with E-state index in [0.29, 0.717) is 18.1 Å². The quantitative estimate of drug-likeness (QED) is 0.623. The zero-order valence-electron chi connectivity index (χ0n) is 14.7. The maximum absolute atomic E-state index is 13.4. The van der Waals surface area contributed by atoms with Crippen molar-refractivity contribution in [2.45, 2.75) is 25.9 Å². The zero-order chi connectivity index (χ0) is 18.8. The van der Waals surface area contributed by atoms with Crippen molar-refractivity contribution in [2.24, 2.45) is 5.92 Å². The molecule has 4 rings (SSSR count). The molecule has 1 saturated carbocycles. The highest BCUT2D eigenvalue weighted by atomic mass is 35.5. The maximum atomic E-state index is 13.4. The van der Waals surface area contributed by atoms with E-state index in [-0.39, 0.29) is 17.6 Å². The first-order chi connectivity index (χ1) is 13.1. The highest BCUT2D eigenvalue weighted by Crippen LogP contribution is 2.33. The summed E-state index contributed by atoms with van der Waals surface area (Å²) in [5.41, 5.74) is 2.59. The monoisotopic (exact) mass is 383 g/mol. The van der Waals surface area contributed by atoms with Gasteiger partial charge < -0.3 is 4.90 Å². The van der Waals surface area contributed by atoms with E-state index in [2.05, 4.69) is 5.10 Å². The van der Waals surface area contributed by atoms with Gasteiger partial charge in [-0.1, -0.05) is 35.9 Å². The summed E-state index contributed by atoms with van der Waals surface area (Å²) in [7, 11) is 0. The molecular weight excluding hydrogens is 365 g/mol. The van der Waals surface area contributed by atoms with E-state index in [0.717, 1.165) is 29.8 Å². The molecule has 1 aliphatic carbocycles. The standard InChI is InChI=1S/C21H19ClFN3O/c22-20-12-17(23)9-8-16(20)13-25(21(27)15-6-7-15)14-19-10-11-24-26(19)18-4-2-1-3-5-18/h1-5,8-12,15H,6-7,13-14H2. The van der Waals surface area contributed by atoms with Crippen molar-refractivity contribution in [3.05, 3.63) is 82.9 Å². The number of rotatable bonds is 6. The summed E-state index contributed by atoms with van der Waals surface area (Å²) in [4.78, 5) is 14.6. The summed E-state index contributed by atoms with van der Waals surface area (Å²) in [5.74, 6) is -0.195. The lowest BCUT2D eigenvalue weighted by Crippen LogP contribution is -2.32. The highest BCUT2D eigenvalue weighted by Gasteiger charge is 2.34. The Morgan fingerprint density at radius 2 is 1.93 bits per heavy atom. The number of benzene rings is 2. The van der Waals surface area contributed by atoms with Gasteiger partial charge in [-0.25, -0.2) is 9.07 Å². The Hall–Kier alpha value is -2.66. The molecule has 6 heteroatoms. The van der Waals surface area contributed by atoms with Crippen LogP contribution in [0, 0.1) is 11.7 Å². The largest absolute Gasteiger partial charge is 0.332 e. The molecule has 0 atom stereocenters. The number of aromatic nitrogens is 2. The molecule has 138 valence electrons. The first-order valence-electron chi connectivity index (χ1n) is 8.93. The number of carbonyl (C=O) groups excluding carboxylic acids is 1. The van der Waals surface area contributed by atoms with Gasteiger partial charge in [-0.15, -0.1) is 0 Å². The molecule has 2 aromatic carbocycles. The van der Waals surface area contributed by atoms with Gasteiger partial charge in [0, 0.05) is 23.7 Å². The second-order valence-corrected chi connectivity index (χ2v) is 7.18. The first kappa shape index (κ1) is 17.7. The lowest BCUT2D eigenvalue weighted by Gasteiger charge is -2.24. The normalized spacial score (nSPS) is 13.6. The average Bonchev–Trinajstić information content (AvgIpc) is 3.42. The molecule has 0 aliphatic heterocycles. The molecule has 1 amide bonds. The van der Waals surface area contributed by atoms with Gasteiger partial charge >= 0.3 is 0 Å². The number of hydrogen-bond donors (Lipinski definition) is 0. The van der Waals surface area contributed by atoms with Crippen molar-refractivity contribution >= 4 is 17.5 Å². The molecule has 27 heavy (non-hydrogen) atoms. The van der Waals surface area contributed by atoms with Crippen LogP contribution in [0.1, 0.15) is 24.1 Å². The lowest BCUT2D eigenvalue weighted by atomic mass is 10.2. The second-order valence-electron chi connectivity index (χ2n) is 6.77. The SMILES string of the molecule is O=C(C1CC1)N(Cc1ccc(F)cc1Cl)Cc1ccnn1-c1ccccc1. The third kappa shape index (κ3) is 4.03. The van der Waals surface area contributed by atoms with Crippen molar-refractivity contribution in [3.63, 3.8) is 0 Å². The lowest BCUT2D eigenvalue weighted by molar-refractivity contribution is -0.133. The Morgan fingerprint density at radius 3 is 2.63 bits per heavy atom. The zero-order valence-corrected chi connectivity index (χ0v) is 15.4. The van der Waals surface area contributed by atoms with Gasteiger partial charge in [-0.05, 0) is 48.7 Å². The Labute approximate surface area is 162 Å². The van der Waals surface area contributed by atoms with Crippen LogP contribution in [0.25, 0.3) is 5.69 Å². The summed E-state index contributed by atoms with van der Waals surface area (Å²) < 4.78 is 15.2. The number of hydrogen-bond acceptors (Lipinski definition) is 2. The van der Waals surface area contributed by atoms with Gasteiger partial charge in [0.15, 0.2) is 0 Å². The molecule has 0 N–H and O–H groups in total. The molecule has 1 fully saturated rings. The molecule has 1 heterocycles. The van der Waals surface area contributed by atoms with Gasteiger partial charge in [-0.2, -0.15) is 5.10 Å². The second kappa shape index (κ2) is 7.53. The third-order valence-electron chi connectivity index (χ3n) is 4.69. The van der Waals surface area contributed by atoms with Crippen LogP contribution in [0.5, 0.6) is 0 Å². The van der Waals surface area contributed by atoms with E-state index in [1.54, 1.807) is 17.2 Å². The van der Waals surface area contributed by atoms with E-state index < -0.39 is 0 Å². The summed E-state index contributed by atoms with van der Waals surface area (Å²) in [6.07, 6.45) is 3.57. The van der Waals surface area contributed by atoms with Crippen LogP contribution in [0.15, 0.2) is 60.8 Å². The number of carbonyl (C=O) groups is 1.